The van der Waals surface area contributed by atoms with Crippen molar-refractivity contribution in [2.45, 2.75) is 90.0 Å². The Hall–Kier alpha value is -2.73. The van der Waals surface area contributed by atoms with E-state index < -0.39 is 11.6 Å². The summed E-state index contributed by atoms with van der Waals surface area (Å²) < 4.78 is 11.3. The Morgan fingerprint density at radius 2 is 1.73 bits per heavy atom. The standard InChI is InChI=1S/C27H36N2O4/c1-27(2,3)33-25(30)22-14-12-20(13-15-22)19-29-24(17-21-9-8-16-28-18-21)26(31)32-23-10-6-4-5-7-11-23/h8-9,12-16,18,23-24,29H,4-7,10-11,17,19H2,1-3H3/t24-/m1/s1. The van der Waals surface area contributed by atoms with Crippen molar-refractivity contribution in [2.75, 3.05) is 0 Å². The molecule has 178 valence electrons. The van der Waals surface area contributed by atoms with Crippen LogP contribution < -0.4 is 5.32 Å². The molecule has 33 heavy (non-hydrogen) atoms. The van der Waals surface area contributed by atoms with Crippen molar-refractivity contribution in [1.82, 2.24) is 10.3 Å². The molecule has 0 saturated heterocycles. The van der Waals surface area contributed by atoms with Crippen molar-refractivity contribution >= 4 is 11.9 Å². The summed E-state index contributed by atoms with van der Waals surface area (Å²) in [6.07, 6.45) is 10.6. The van der Waals surface area contributed by atoms with Crippen LogP contribution >= 0.6 is 0 Å². The van der Waals surface area contributed by atoms with E-state index in [1.54, 1.807) is 24.5 Å². The van der Waals surface area contributed by atoms with Gasteiger partial charge in [0.1, 0.15) is 17.7 Å². The molecule has 1 aliphatic carbocycles. The minimum atomic E-state index is -0.533. The first-order valence-corrected chi connectivity index (χ1v) is 12.0. The molecular formula is C27H36N2O4. The van der Waals surface area contributed by atoms with Crippen LogP contribution in [0, 0.1) is 0 Å². The van der Waals surface area contributed by atoms with Crippen molar-refractivity contribution in [2.24, 2.45) is 0 Å². The molecular weight excluding hydrogens is 416 g/mol. The predicted octanol–water partition coefficient (Wildman–Crippen LogP) is 5.00. The Balaban J connectivity index is 1.63. The van der Waals surface area contributed by atoms with E-state index in [1.807, 2.05) is 45.0 Å². The smallest absolute Gasteiger partial charge is 0.338 e. The van der Waals surface area contributed by atoms with Gasteiger partial charge in [0.25, 0.3) is 0 Å². The van der Waals surface area contributed by atoms with Gasteiger partial charge >= 0.3 is 11.9 Å². The lowest BCUT2D eigenvalue weighted by molar-refractivity contribution is -0.152. The van der Waals surface area contributed by atoms with E-state index in [1.165, 1.54) is 12.8 Å². The maximum Gasteiger partial charge on any atom is 0.338 e. The van der Waals surface area contributed by atoms with Gasteiger partial charge in [-0.2, -0.15) is 0 Å². The molecule has 0 aliphatic heterocycles. The highest BCUT2D eigenvalue weighted by Gasteiger charge is 2.25. The van der Waals surface area contributed by atoms with Gasteiger partial charge in [-0.25, -0.2) is 4.79 Å². The fourth-order valence-electron chi connectivity index (χ4n) is 3.94. The number of nitrogens with one attached hydrogen (secondary N) is 1. The highest BCUT2D eigenvalue weighted by Crippen LogP contribution is 2.21. The van der Waals surface area contributed by atoms with Crippen LogP contribution in [0.15, 0.2) is 48.8 Å². The lowest BCUT2D eigenvalue weighted by atomic mass is 10.1. The molecule has 1 aromatic carbocycles. The summed E-state index contributed by atoms with van der Waals surface area (Å²) in [6.45, 7) is 6.03. The average Bonchev–Trinajstić information content (AvgIpc) is 3.05. The van der Waals surface area contributed by atoms with Gasteiger partial charge in [-0.05, 0) is 82.2 Å². The summed E-state index contributed by atoms with van der Waals surface area (Å²) in [5, 5.41) is 3.36. The van der Waals surface area contributed by atoms with Gasteiger partial charge in [0, 0.05) is 18.9 Å². The quantitative estimate of drug-likeness (QED) is 0.448. The maximum absolute atomic E-state index is 13.1. The van der Waals surface area contributed by atoms with E-state index in [0.29, 0.717) is 18.5 Å². The number of benzene rings is 1. The van der Waals surface area contributed by atoms with Gasteiger partial charge in [-0.1, -0.05) is 31.0 Å². The zero-order valence-electron chi connectivity index (χ0n) is 20.0. The van der Waals surface area contributed by atoms with E-state index in [0.717, 1.165) is 36.8 Å². The Morgan fingerprint density at radius 1 is 1.03 bits per heavy atom. The van der Waals surface area contributed by atoms with Crippen molar-refractivity contribution < 1.29 is 19.1 Å². The predicted molar refractivity (Wildman–Crippen MR) is 128 cm³/mol. The molecule has 6 nitrogen and oxygen atoms in total. The average molecular weight is 453 g/mol. The molecule has 0 radical (unpaired) electrons. The first-order valence-electron chi connectivity index (χ1n) is 12.0. The normalized spacial score (nSPS) is 16.0. The first kappa shape index (κ1) is 24.9. The largest absolute Gasteiger partial charge is 0.461 e. The Kier molecular flexibility index (Phi) is 9.01. The van der Waals surface area contributed by atoms with Gasteiger partial charge in [0.2, 0.25) is 0 Å². The maximum atomic E-state index is 13.1. The van der Waals surface area contributed by atoms with Gasteiger partial charge in [0.15, 0.2) is 0 Å². The second kappa shape index (κ2) is 11.9. The second-order valence-electron chi connectivity index (χ2n) is 9.75. The molecule has 1 aromatic heterocycles. The number of carbonyl (C=O) groups is 2. The third-order valence-electron chi connectivity index (χ3n) is 5.67. The van der Waals surface area contributed by atoms with E-state index >= 15 is 0 Å². The summed E-state index contributed by atoms with van der Waals surface area (Å²) in [6, 6.07) is 10.6. The number of esters is 2. The van der Waals surface area contributed by atoms with E-state index in [-0.39, 0.29) is 18.0 Å². The second-order valence-corrected chi connectivity index (χ2v) is 9.75. The Labute approximate surface area is 197 Å². The van der Waals surface area contributed by atoms with Crippen molar-refractivity contribution in [3.63, 3.8) is 0 Å². The number of nitrogens with zero attached hydrogens (tertiary/aromatic N) is 1. The van der Waals surface area contributed by atoms with Crippen molar-refractivity contribution in [3.8, 4) is 0 Å². The van der Waals surface area contributed by atoms with Crippen LogP contribution in [0.1, 0.15) is 80.8 Å². The number of ether oxygens (including phenoxy) is 2. The third-order valence-corrected chi connectivity index (χ3v) is 5.67. The molecule has 1 atom stereocenters. The molecule has 1 heterocycles. The summed E-state index contributed by atoms with van der Waals surface area (Å²) in [5.41, 5.74) is 1.93. The van der Waals surface area contributed by atoms with Crippen molar-refractivity contribution in [3.05, 3.63) is 65.5 Å². The minimum Gasteiger partial charge on any atom is -0.461 e. The molecule has 0 amide bonds. The summed E-state index contributed by atoms with van der Waals surface area (Å²) in [5.74, 6) is -0.556. The summed E-state index contributed by atoms with van der Waals surface area (Å²) >= 11 is 0. The van der Waals surface area contributed by atoms with Crippen LogP contribution in [0.25, 0.3) is 0 Å². The SMILES string of the molecule is CC(C)(C)OC(=O)c1ccc(CN[C@H](Cc2cccnc2)C(=O)OC2CCCCCC2)cc1. The van der Waals surface area contributed by atoms with Crippen molar-refractivity contribution in [1.29, 1.82) is 0 Å². The molecule has 2 aromatic rings. The molecule has 0 bridgehead atoms. The van der Waals surface area contributed by atoms with E-state index in [4.69, 9.17) is 9.47 Å². The van der Waals surface area contributed by atoms with Crippen LogP contribution in [-0.2, 0) is 27.2 Å². The molecule has 6 heteroatoms. The van der Waals surface area contributed by atoms with Gasteiger partial charge in [-0.3, -0.25) is 9.78 Å². The Morgan fingerprint density at radius 3 is 2.33 bits per heavy atom. The summed E-state index contributed by atoms with van der Waals surface area (Å²) in [4.78, 5) is 29.5. The summed E-state index contributed by atoms with van der Waals surface area (Å²) in [7, 11) is 0. The van der Waals surface area contributed by atoms with Gasteiger partial charge < -0.3 is 14.8 Å². The molecule has 1 fully saturated rings. The van der Waals surface area contributed by atoms with Crippen LogP contribution in [0.2, 0.25) is 0 Å². The lowest BCUT2D eigenvalue weighted by Gasteiger charge is -2.22. The minimum absolute atomic E-state index is 0.00584. The fraction of sp³-hybridized carbons (Fsp3) is 0.519. The van der Waals surface area contributed by atoms with Gasteiger partial charge in [0.05, 0.1) is 5.56 Å². The zero-order chi connectivity index (χ0) is 23.7. The van der Waals surface area contributed by atoms with Gasteiger partial charge in [-0.15, -0.1) is 0 Å². The number of pyridine rings is 1. The lowest BCUT2D eigenvalue weighted by Crippen LogP contribution is -2.41. The van der Waals surface area contributed by atoms with Crippen LogP contribution in [0.5, 0.6) is 0 Å². The van der Waals surface area contributed by atoms with Crippen LogP contribution in [-0.4, -0.2) is 34.7 Å². The highest BCUT2D eigenvalue weighted by molar-refractivity contribution is 5.89. The number of aromatic nitrogens is 1. The van der Waals surface area contributed by atoms with Crippen LogP contribution in [0.3, 0.4) is 0 Å². The molecule has 0 spiro atoms. The van der Waals surface area contributed by atoms with E-state index in [9.17, 15) is 9.59 Å². The monoisotopic (exact) mass is 452 g/mol. The third kappa shape index (κ3) is 8.61. The first-order chi connectivity index (χ1) is 15.8. The molecule has 1 N–H and O–H groups in total. The molecule has 3 rings (SSSR count). The number of hydrogen-bond donors (Lipinski definition) is 1. The molecule has 0 unspecified atom stereocenters. The Bertz CT molecular complexity index is 883. The fourth-order valence-corrected chi connectivity index (χ4v) is 3.94. The van der Waals surface area contributed by atoms with E-state index in [2.05, 4.69) is 10.3 Å². The molecule has 1 aliphatic rings. The number of hydrogen-bond acceptors (Lipinski definition) is 6. The topological polar surface area (TPSA) is 77.5 Å². The molecule has 1 saturated carbocycles. The van der Waals surface area contributed by atoms with Crippen LogP contribution in [0.4, 0.5) is 0 Å². The highest BCUT2D eigenvalue weighted by atomic mass is 16.6. The zero-order valence-corrected chi connectivity index (χ0v) is 20.0. The number of rotatable bonds is 8. The number of carbonyl (C=O) groups excluding carboxylic acids is 2.